The third-order valence-corrected chi connectivity index (χ3v) is 4.75. The number of carbonyl (C=O) groups excluding carboxylic acids is 1. The third-order valence-electron chi connectivity index (χ3n) is 4.75. The fraction of sp³-hybridized carbons (Fsp3) is 0.545. The summed E-state index contributed by atoms with van der Waals surface area (Å²) >= 11 is 0. The molecule has 0 fully saturated rings. The molecule has 0 amide bonds. The summed E-state index contributed by atoms with van der Waals surface area (Å²) in [5.74, 6) is -1.24. The van der Waals surface area contributed by atoms with Crippen LogP contribution < -0.4 is 0 Å². The second kappa shape index (κ2) is 9.55. The van der Waals surface area contributed by atoms with Crippen molar-refractivity contribution in [2.24, 2.45) is 11.3 Å². The summed E-state index contributed by atoms with van der Waals surface area (Å²) in [6.07, 6.45) is 13.9. The second-order valence-corrected chi connectivity index (χ2v) is 7.85. The lowest BCUT2D eigenvalue weighted by atomic mass is 9.72. The van der Waals surface area contributed by atoms with E-state index in [-0.39, 0.29) is 30.0 Å². The molecule has 1 unspecified atom stereocenters. The molecular formula is C22H32O3. The molecule has 1 aliphatic carbocycles. The van der Waals surface area contributed by atoms with E-state index in [9.17, 15) is 9.59 Å². The summed E-state index contributed by atoms with van der Waals surface area (Å²) in [4.78, 5) is 22.0. The molecule has 1 rings (SSSR count). The molecule has 0 aromatic carbocycles. The lowest BCUT2D eigenvalue weighted by Gasteiger charge is -2.32. The summed E-state index contributed by atoms with van der Waals surface area (Å²) < 4.78 is 0. The maximum atomic E-state index is 11.5. The molecule has 0 heterocycles. The van der Waals surface area contributed by atoms with Gasteiger partial charge >= 0.3 is 5.97 Å². The predicted molar refractivity (Wildman–Crippen MR) is 103 cm³/mol. The van der Waals surface area contributed by atoms with E-state index in [2.05, 4.69) is 39.8 Å². The van der Waals surface area contributed by atoms with Gasteiger partial charge in [0.1, 0.15) is 12.2 Å². The molecule has 138 valence electrons. The number of hydrogen-bond acceptors (Lipinski definition) is 2. The van der Waals surface area contributed by atoms with Crippen molar-refractivity contribution in [1.82, 2.24) is 0 Å². The summed E-state index contributed by atoms with van der Waals surface area (Å²) in [7, 11) is 0. The molecule has 3 heteroatoms. The van der Waals surface area contributed by atoms with Gasteiger partial charge in [-0.15, -0.1) is 0 Å². The lowest BCUT2D eigenvalue weighted by Crippen LogP contribution is -2.19. The van der Waals surface area contributed by atoms with Crippen LogP contribution in [0.1, 0.15) is 66.7 Å². The van der Waals surface area contributed by atoms with Gasteiger partial charge < -0.3 is 5.11 Å². The number of ketones is 1. The molecule has 0 saturated heterocycles. The van der Waals surface area contributed by atoms with Gasteiger partial charge in [-0.25, -0.2) is 0 Å². The minimum Gasteiger partial charge on any atom is -0.481 e. The summed E-state index contributed by atoms with van der Waals surface area (Å²) in [6.45, 7) is 10.8. The largest absolute Gasteiger partial charge is 0.481 e. The quantitative estimate of drug-likeness (QED) is 0.458. The molecule has 0 aromatic rings. The van der Waals surface area contributed by atoms with Crippen molar-refractivity contribution in [3.63, 3.8) is 0 Å². The number of aliphatic carboxylic acids is 1. The van der Waals surface area contributed by atoms with E-state index in [1.165, 1.54) is 30.4 Å². The van der Waals surface area contributed by atoms with Crippen LogP contribution >= 0.6 is 0 Å². The van der Waals surface area contributed by atoms with Gasteiger partial charge in [0.05, 0.1) is 0 Å². The van der Waals surface area contributed by atoms with Crippen LogP contribution in [0.4, 0.5) is 0 Å². The van der Waals surface area contributed by atoms with E-state index in [1.54, 1.807) is 0 Å². The van der Waals surface area contributed by atoms with E-state index in [0.29, 0.717) is 0 Å². The Bertz CT molecular complexity index is 615. The van der Waals surface area contributed by atoms with Gasteiger partial charge in [0.15, 0.2) is 0 Å². The Morgan fingerprint density at radius 2 is 2.00 bits per heavy atom. The zero-order valence-electron chi connectivity index (χ0n) is 16.3. The van der Waals surface area contributed by atoms with Crippen LogP contribution in [0.3, 0.4) is 0 Å². The molecule has 0 bridgehead atoms. The normalized spacial score (nSPS) is 19.6. The van der Waals surface area contributed by atoms with Crippen LogP contribution in [-0.2, 0) is 9.59 Å². The van der Waals surface area contributed by atoms with Crippen LogP contribution in [0.5, 0.6) is 0 Å². The standard InChI is InChI=1S/C22H32O3/c1-16(8-6-9-17(2)14-19(23)15-21(24)25)11-12-20-18(3)10-7-13-22(20,4)5/h6,8-9,11-12,17H,7,10,13-15H2,1-5H3,(H,24,25)/b9-6+,12-11+,16-8+. The summed E-state index contributed by atoms with van der Waals surface area (Å²) in [5.41, 5.74) is 4.33. The number of hydrogen-bond donors (Lipinski definition) is 1. The third kappa shape index (κ3) is 7.68. The monoisotopic (exact) mass is 344 g/mol. The smallest absolute Gasteiger partial charge is 0.310 e. The molecule has 1 atom stereocenters. The average Bonchev–Trinajstić information content (AvgIpc) is 2.44. The Kier molecular flexibility index (Phi) is 8.08. The highest BCUT2D eigenvalue weighted by Crippen LogP contribution is 2.40. The number of carbonyl (C=O) groups is 2. The summed E-state index contributed by atoms with van der Waals surface area (Å²) in [5, 5.41) is 8.61. The van der Waals surface area contributed by atoms with E-state index in [1.807, 2.05) is 25.2 Å². The van der Waals surface area contributed by atoms with Gasteiger partial charge in [-0.05, 0) is 50.0 Å². The number of allylic oxidation sites excluding steroid dienone is 8. The molecule has 0 saturated carbocycles. The fourth-order valence-corrected chi connectivity index (χ4v) is 3.35. The maximum Gasteiger partial charge on any atom is 0.310 e. The second-order valence-electron chi connectivity index (χ2n) is 7.85. The van der Waals surface area contributed by atoms with Crippen LogP contribution in [0.2, 0.25) is 0 Å². The Balaban J connectivity index is 2.63. The SMILES string of the molecule is CC1=C(/C=C/C(C)=C/C=C/C(C)CC(=O)CC(=O)O)C(C)(C)CCC1. The van der Waals surface area contributed by atoms with Gasteiger partial charge in [0.25, 0.3) is 0 Å². The minimum absolute atomic E-state index is 0.0436. The fourth-order valence-electron chi connectivity index (χ4n) is 3.35. The molecule has 0 aliphatic heterocycles. The molecule has 0 aromatic heterocycles. The maximum absolute atomic E-state index is 11.5. The lowest BCUT2D eigenvalue weighted by molar-refractivity contribution is -0.140. The number of Topliss-reactive ketones (excluding diaryl/α,β-unsaturated/α-hetero) is 1. The number of carboxylic acids is 1. The Morgan fingerprint density at radius 1 is 1.32 bits per heavy atom. The Hall–Kier alpha value is -1.90. The summed E-state index contributed by atoms with van der Waals surface area (Å²) in [6, 6.07) is 0. The van der Waals surface area contributed by atoms with Gasteiger partial charge in [-0.1, -0.05) is 62.3 Å². The highest BCUT2D eigenvalue weighted by molar-refractivity contribution is 5.94. The van der Waals surface area contributed by atoms with Crippen LogP contribution in [0, 0.1) is 11.3 Å². The number of carboxylic acid groups (broad SMARTS) is 1. The zero-order valence-corrected chi connectivity index (χ0v) is 16.3. The van der Waals surface area contributed by atoms with E-state index >= 15 is 0 Å². The Labute approximate surface area is 152 Å². The van der Waals surface area contributed by atoms with Crippen LogP contribution in [0.25, 0.3) is 0 Å². The highest BCUT2D eigenvalue weighted by atomic mass is 16.4. The predicted octanol–water partition coefficient (Wildman–Crippen LogP) is 5.64. The molecule has 3 nitrogen and oxygen atoms in total. The van der Waals surface area contributed by atoms with Crippen molar-refractivity contribution in [2.75, 3.05) is 0 Å². The van der Waals surface area contributed by atoms with Gasteiger partial charge in [-0.2, -0.15) is 0 Å². The first kappa shape index (κ1) is 21.1. The van der Waals surface area contributed by atoms with Crippen molar-refractivity contribution in [3.05, 3.63) is 47.1 Å². The van der Waals surface area contributed by atoms with Gasteiger partial charge in [0, 0.05) is 6.42 Å². The first-order valence-corrected chi connectivity index (χ1v) is 9.08. The average molecular weight is 344 g/mol. The van der Waals surface area contributed by atoms with Crippen molar-refractivity contribution in [1.29, 1.82) is 0 Å². The topological polar surface area (TPSA) is 54.4 Å². The van der Waals surface area contributed by atoms with Gasteiger partial charge in [-0.3, -0.25) is 9.59 Å². The Morgan fingerprint density at radius 3 is 2.60 bits per heavy atom. The van der Waals surface area contributed by atoms with Crippen molar-refractivity contribution >= 4 is 11.8 Å². The zero-order chi connectivity index (χ0) is 19.0. The number of rotatable bonds is 8. The molecule has 0 radical (unpaired) electrons. The van der Waals surface area contributed by atoms with Crippen molar-refractivity contribution in [2.45, 2.75) is 66.7 Å². The molecule has 1 aliphatic rings. The van der Waals surface area contributed by atoms with E-state index in [4.69, 9.17) is 5.11 Å². The van der Waals surface area contributed by atoms with Crippen molar-refractivity contribution < 1.29 is 14.7 Å². The van der Waals surface area contributed by atoms with Crippen LogP contribution in [-0.4, -0.2) is 16.9 Å². The molecule has 1 N–H and O–H groups in total. The molecule has 25 heavy (non-hydrogen) atoms. The highest BCUT2D eigenvalue weighted by Gasteiger charge is 2.26. The van der Waals surface area contributed by atoms with Crippen molar-refractivity contribution in [3.8, 4) is 0 Å². The first-order valence-electron chi connectivity index (χ1n) is 9.08. The van der Waals surface area contributed by atoms with Gasteiger partial charge in [0.2, 0.25) is 0 Å². The molecule has 0 spiro atoms. The van der Waals surface area contributed by atoms with E-state index in [0.717, 1.165) is 5.57 Å². The van der Waals surface area contributed by atoms with E-state index < -0.39 is 5.97 Å². The minimum atomic E-state index is -1.06. The molecular weight excluding hydrogens is 312 g/mol. The first-order chi connectivity index (χ1) is 11.6. The van der Waals surface area contributed by atoms with Crippen LogP contribution in [0.15, 0.2) is 47.1 Å².